The van der Waals surface area contributed by atoms with E-state index in [-0.39, 0.29) is 25.2 Å². The van der Waals surface area contributed by atoms with E-state index in [0.29, 0.717) is 12.8 Å². The van der Waals surface area contributed by atoms with Crippen LogP contribution in [-0.4, -0.2) is 68.3 Å². The summed E-state index contributed by atoms with van der Waals surface area (Å²) in [5.74, 6) is -3.18. The molecule has 4 fully saturated rings. The van der Waals surface area contributed by atoms with E-state index in [9.17, 15) is 29.7 Å². The van der Waals surface area contributed by atoms with E-state index in [1.165, 1.54) is 20.8 Å². The average molecular weight is 497 g/mol. The van der Waals surface area contributed by atoms with Crippen LogP contribution in [0.3, 0.4) is 0 Å². The lowest BCUT2D eigenvalue weighted by molar-refractivity contribution is -0.215. The van der Waals surface area contributed by atoms with Gasteiger partial charge >= 0.3 is 17.9 Å². The lowest BCUT2D eigenvalue weighted by Crippen LogP contribution is -2.61. The molecule has 0 heterocycles. The Kier molecular flexibility index (Phi) is 5.94. The minimum atomic E-state index is -1.75. The summed E-state index contributed by atoms with van der Waals surface area (Å²) in [6.07, 6.45) is -0.897. The summed E-state index contributed by atoms with van der Waals surface area (Å²) in [5.41, 5.74) is -6.41. The van der Waals surface area contributed by atoms with Crippen LogP contribution in [0.15, 0.2) is 0 Å². The Morgan fingerprint density at radius 2 is 1.31 bits per heavy atom. The van der Waals surface area contributed by atoms with Crippen LogP contribution in [0, 0.1) is 28.6 Å². The van der Waals surface area contributed by atoms with E-state index >= 15 is 0 Å². The molecule has 1 spiro atoms. The fourth-order valence-corrected chi connectivity index (χ4v) is 8.82. The minimum Gasteiger partial charge on any atom is -0.462 e. The Hall–Kier alpha value is -1.71. The number of fused-ring (bicyclic) bond motifs is 2. The lowest BCUT2D eigenvalue weighted by Gasteiger charge is -2.51. The normalized spacial score (nSPS) is 49.9. The van der Waals surface area contributed by atoms with Crippen LogP contribution in [0.4, 0.5) is 0 Å². The predicted molar refractivity (Wildman–Crippen MR) is 123 cm³/mol. The Balaban J connectivity index is 1.93. The van der Waals surface area contributed by atoms with Crippen LogP contribution < -0.4 is 0 Å². The van der Waals surface area contributed by atoms with Gasteiger partial charge in [-0.15, -0.1) is 0 Å². The topological polar surface area (TPSA) is 140 Å². The molecular weight excluding hydrogens is 456 g/mol. The summed E-state index contributed by atoms with van der Waals surface area (Å²) in [6.45, 7) is 10.8. The molecule has 0 radical (unpaired) electrons. The highest BCUT2D eigenvalue weighted by atomic mass is 16.6. The van der Waals surface area contributed by atoms with E-state index in [0.717, 1.165) is 0 Å². The number of hydrogen-bond acceptors (Lipinski definition) is 9. The third kappa shape index (κ3) is 3.55. The molecule has 2 bridgehead atoms. The monoisotopic (exact) mass is 496 g/mol. The molecule has 198 valence electrons. The Labute approximate surface area is 206 Å². The largest absolute Gasteiger partial charge is 0.462 e. The second-order valence-electron chi connectivity index (χ2n) is 12.5. The van der Waals surface area contributed by atoms with Gasteiger partial charge in [0.05, 0.1) is 11.2 Å². The number of carbonyl (C=O) groups is 3. The zero-order valence-electron chi connectivity index (χ0n) is 21.8. The quantitative estimate of drug-likeness (QED) is 0.395. The number of hydrogen-bond donors (Lipinski definition) is 3. The molecule has 35 heavy (non-hydrogen) atoms. The molecule has 4 saturated carbocycles. The van der Waals surface area contributed by atoms with Crippen molar-refractivity contribution >= 4 is 17.9 Å². The second-order valence-corrected chi connectivity index (χ2v) is 12.5. The number of aliphatic hydroxyl groups is 3. The van der Waals surface area contributed by atoms with Gasteiger partial charge in [-0.05, 0) is 51.9 Å². The Bertz CT molecular complexity index is 924. The summed E-state index contributed by atoms with van der Waals surface area (Å²) >= 11 is 0. The minimum absolute atomic E-state index is 0.0984. The van der Waals surface area contributed by atoms with Gasteiger partial charge in [0, 0.05) is 43.4 Å². The Morgan fingerprint density at radius 3 is 1.86 bits per heavy atom. The standard InChI is InChI=1S/C26H40O9/c1-13(27)33-19-10-18-24(7,31)17-9-8-16-21(35-15(3)29)25(17,12-23(16,6)30)11-20(34-14(2)28)26(18,32)22(19,4)5/h16-21,30-32H,8-12H2,1-7H3/t16-,17+,18+,19+,20-,21-,23-,24-,25+,26+/m1/s1. The summed E-state index contributed by atoms with van der Waals surface area (Å²) in [4.78, 5) is 36.4. The molecule has 4 aliphatic rings. The lowest BCUT2D eigenvalue weighted by atomic mass is 9.57. The summed E-state index contributed by atoms with van der Waals surface area (Å²) in [5, 5.41) is 36.2. The number of ether oxygens (including phenoxy) is 3. The number of esters is 3. The van der Waals surface area contributed by atoms with Gasteiger partial charge in [0.15, 0.2) is 0 Å². The zero-order chi connectivity index (χ0) is 26.4. The average Bonchev–Trinajstić information content (AvgIpc) is 2.92. The molecule has 0 amide bonds. The fourth-order valence-electron chi connectivity index (χ4n) is 8.82. The highest BCUT2D eigenvalue weighted by Crippen LogP contribution is 2.71. The van der Waals surface area contributed by atoms with Gasteiger partial charge in [-0.25, -0.2) is 0 Å². The highest BCUT2D eigenvalue weighted by Gasteiger charge is 2.78. The highest BCUT2D eigenvalue weighted by molar-refractivity contribution is 5.67. The van der Waals surface area contributed by atoms with E-state index in [2.05, 4.69) is 0 Å². The van der Waals surface area contributed by atoms with E-state index < -0.39 is 75.7 Å². The molecule has 0 saturated heterocycles. The third-order valence-corrected chi connectivity index (χ3v) is 10.1. The maximum absolute atomic E-state index is 12.5. The van der Waals surface area contributed by atoms with E-state index in [1.54, 1.807) is 27.7 Å². The first kappa shape index (κ1) is 26.4. The van der Waals surface area contributed by atoms with Crippen molar-refractivity contribution in [1.82, 2.24) is 0 Å². The summed E-state index contributed by atoms with van der Waals surface area (Å²) < 4.78 is 17.3. The van der Waals surface area contributed by atoms with Crippen molar-refractivity contribution in [1.29, 1.82) is 0 Å². The Morgan fingerprint density at radius 1 is 0.771 bits per heavy atom. The van der Waals surface area contributed by atoms with Crippen molar-refractivity contribution in [3.63, 3.8) is 0 Å². The molecule has 3 N–H and O–H groups in total. The van der Waals surface area contributed by atoms with Gasteiger partial charge in [-0.2, -0.15) is 0 Å². The molecule has 4 aliphatic carbocycles. The van der Waals surface area contributed by atoms with Crippen molar-refractivity contribution < 1.29 is 43.9 Å². The van der Waals surface area contributed by atoms with Gasteiger partial charge in [0.2, 0.25) is 0 Å². The van der Waals surface area contributed by atoms with Crippen molar-refractivity contribution in [3.8, 4) is 0 Å². The molecule has 0 aromatic heterocycles. The first-order chi connectivity index (χ1) is 15.9. The molecule has 9 nitrogen and oxygen atoms in total. The maximum Gasteiger partial charge on any atom is 0.303 e. The fraction of sp³-hybridized carbons (Fsp3) is 0.885. The third-order valence-electron chi connectivity index (χ3n) is 10.1. The summed E-state index contributed by atoms with van der Waals surface area (Å²) in [6, 6.07) is 0. The molecule has 0 aliphatic heterocycles. The predicted octanol–water partition coefficient (Wildman–Crippen LogP) is 1.88. The second kappa shape index (κ2) is 7.89. The van der Waals surface area contributed by atoms with Gasteiger partial charge in [0.1, 0.15) is 23.9 Å². The molecule has 9 heteroatoms. The first-order valence-corrected chi connectivity index (χ1v) is 12.6. The van der Waals surface area contributed by atoms with Gasteiger partial charge in [-0.1, -0.05) is 13.8 Å². The SMILES string of the molecule is CC(=O)O[C@H]1C[C@H]2[C@](C)(O)[C@@H]3CC[C@@H]4[C@@H](OC(C)=O)[C@@]3(C[C@@H](OC(C)=O)[C@]2(O)C1(C)C)C[C@@]4(C)O. The van der Waals surface area contributed by atoms with Crippen LogP contribution >= 0.6 is 0 Å². The molecule has 10 atom stereocenters. The first-order valence-electron chi connectivity index (χ1n) is 12.6. The summed E-state index contributed by atoms with van der Waals surface area (Å²) in [7, 11) is 0. The van der Waals surface area contributed by atoms with Crippen LogP contribution in [0.1, 0.15) is 80.6 Å². The molecular formula is C26H40O9. The van der Waals surface area contributed by atoms with E-state index in [1.807, 2.05) is 0 Å². The van der Waals surface area contributed by atoms with Crippen molar-refractivity contribution in [3.05, 3.63) is 0 Å². The van der Waals surface area contributed by atoms with Crippen molar-refractivity contribution in [2.75, 3.05) is 0 Å². The van der Waals surface area contributed by atoms with Crippen molar-refractivity contribution in [2.24, 2.45) is 28.6 Å². The number of carbonyl (C=O) groups excluding carboxylic acids is 3. The van der Waals surface area contributed by atoms with E-state index in [4.69, 9.17) is 14.2 Å². The van der Waals surface area contributed by atoms with Crippen molar-refractivity contribution in [2.45, 2.75) is 116 Å². The van der Waals surface area contributed by atoms with Gasteiger partial charge < -0.3 is 29.5 Å². The van der Waals surface area contributed by atoms with Gasteiger partial charge in [0.25, 0.3) is 0 Å². The maximum atomic E-state index is 12.5. The van der Waals surface area contributed by atoms with Gasteiger partial charge in [-0.3, -0.25) is 14.4 Å². The smallest absolute Gasteiger partial charge is 0.303 e. The van der Waals surface area contributed by atoms with Crippen LogP contribution in [-0.2, 0) is 28.6 Å². The number of rotatable bonds is 3. The molecule has 0 aromatic carbocycles. The van der Waals surface area contributed by atoms with Crippen LogP contribution in [0.5, 0.6) is 0 Å². The molecule has 0 unspecified atom stereocenters. The zero-order valence-corrected chi connectivity index (χ0v) is 21.8. The molecule has 0 aromatic rings. The van der Waals surface area contributed by atoms with Crippen LogP contribution in [0.25, 0.3) is 0 Å². The van der Waals surface area contributed by atoms with Crippen LogP contribution in [0.2, 0.25) is 0 Å². The molecule has 4 rings (SSSR count).